The van der Waals surface area contributed by atoms with Crippen LogP contribution in [0.5, 0.6) is 0 Å². The van der Waals surface area contributed by atoms with Crippen molar-refractivity contribution >= 4 is 22.7 Å². The van der Waals surface area contributed by atoms with E-state index in [-0.39, 0.29) is 6.42 Å². The van der Waals surface area contributed by atoms with Gasteiger partial charge in [0.25, 0.3) is 0 Å². The zero-order valence-electron chi connectivity index (χ0n) is 10.7. The Kier molecular flexibility index (Phi) is 3.96. The summed E-state index contributed by atoms with van der Waals surface area (Å²) in [6, 6.07) is 10.1. The monoisotopic (exact) mass is 267 g/mol. The number of aromatic nitrogens is 1. The number of fused-ring (bicyclic) bond motifs is 1. The standard InChI is InChI=1S/C15H13N3O2/c1-2-5-13(15(19)20)18-14-8-10(9-16)11-6-3-4-7-12(11)17-14/h2-4,6-8,13H,1,5H2,(H,17,18)(H,19,20). The zero-order chi connectivity index (χ0) is 14.5. The van der Waals surface area contributed by atoms with Gasteiger partial charge in [0.2, 0.25) is 0 Å². The second kappa shape index (κ2) is 5.85. The highest BCUT2D eigenvalue weighted by Gasteiger charge is 2.16. The quantitative estimate of drug-likeness (QED) is 0.813. The van der Waals surface area contributed by atoms with Gasteiger partial charge in [-0.25, -0.2) is 9.78 Å². The molecule has 0 saturated heterocycles. The molecule has 2 aromatic rings. The number of hydrogen-bond donors (Lipinski definition) is 2. The van der Waals surface area contributed by atoms with Gasteiger partial charge < -0.3 is 10.4 Å². The Morgan fingerprint density at radius 1 is 1.55 bits per heavy atom. The van der Waals surface area contributed by atoms with E-state index in [1.54, 1.807) is 12.1 Å². The van der Waals surface area contributed by atoms with Crippen molar-refractivity contribution in [3.8, 4) is 6.07 Å². The lowest BCUT2D eigenvalue weighted by molar-refractivity contribution is -0.137. The first-order chi connectivity index (χ1) is 9.65. The van der Waals surface area contributed by atoms with E-state index in [9.17, 15) is 4.79 Å². The molecule has 20 heavy (non-hydrogen) atoms. The summed E-state index contributed by atoms with van der Waals surface area (Å²) >= 11 is 0. The first kappa shape index (κ1) is 13.6. The van der Waals surface area contributed by atoms with Crippen molar-refractivity contribution in [1.29, 1.82) is 5.26 Å². The van der Waals surface area contributed by atoms with Gasteiger partial charge in [-0.3, -0.25) is 0 Å². The van der Waals surface area contributed by atoms with Gasteiger partial charge in [0.05, 0.1) is 17.1 Å². The van der Waals surface area contributed by atoms with Gasteiger partial charge in [-0.15, -0.1) is 6.58 Å². The number of carbonyl (C=O) groups is 1. The summed E-state index contributed by atoms with van der Waals surface area (Å²) in [5.41, 5.74) is 1.11. The Labute approximate surface area is 116 Å². The van der Waals surface area contributed by atoms with Crippen molar-refractivity contribution in [2.24, 2.45) is 0 Å². The van der Waals surface area contributed by atoms with Gasteiger partial charge >= 0.3 is 5.97 Å². The summed E-state index contributed by atoms with van der Waals surface area (Å²) in [6.45, 7) is 3.53. The number of rotatable bonds is 5. The third-order valence-corrected chi connectivity index (χ3v) is 2.86. The van der Waals surface area contributed by atoms with Crippen LogP contribution in [0.4, 0.5) is 5.82 Å². The number of carboxylic acids is 1. The minimum atomic E-state index is -0.988. The van der Waals surface area contributed by atoms with E-state index in [1.807, 2.05) is 18.2 Å². The summed E-state index contributed by atoms with van der Waals surface area (Å²) in [4.78, 5) is 15.4. The molecule has 2 rings (SSSR count). The first-order valence-corrected chi connectivity index (χ1v) is 6.06. The van der Waals surface area contributed by atoms with E-state index in [0.717, 1.165) is 5.39 Å². The van der Waals surface area contributed by atoms with Crippen LogP contribution in [0.25, 0.3) is 10.9 Å². The van der Waals surface area contributed by atoms with Gasteiger partial charge in [0.15, 0.2) is 0 Å². The Hall–Kier alpha value is -2.87. The molecule has 0 fully saturated rings. The molecule has 1 unspecified atom stereocenters. The predicted molar refractivity (Wildman–Crippen MR) is 76.3 cm³/mol. The average molecular weight is 267 g/mol. The summed E-state index contributed by atoms with van der Waals surface area (Å²) in [5, 5.41) is 21.8. The molecule has 100 valence electrons. The number of pyridine rings is 1. The number of nitriles is 1. The first-order valence-electron chi connectivity index (χ1n) is 6.06. The van der Waals surface area contributed by atoms with E-state index in [0.29, 0.717) is 16.9 Å². The lowest BCUT2D eigenvalue weighted by atomic mass is 10.1. The topological polar surface area (TPSA) is 86.0 Å². The molecule has 1 heterocycles. The van der Waals surface area contributed by atoms with Gasteiger partial charge in [0.1, 0.15) is 11.9 Å². The largest absolute Gasteiger partial charge is 0.480 e. The van der Waals surface area contributed by atoms with Crippen molar-refractivity contribution < 1.29 is 9.90 Å². The molecule has 0 radical (unpaired) electrons. The highest BCUT2D eigenvalue weighted by molar-refractivity contribution is 5.87. The highest BCUT2D eigenvalue weighted by atomic mass is 16.4. The molecule has 1 atom stereocenters. The van der Waals surface area contributed by atoms with Gasteiger partial charge in [-0.2, -0.15) is 5.26 Å². The second-order valence-corrected chi connectivity index (χ2v) is 4.24. The van der Waals surface area contributed by atoms with Crippen LogP contribution < -0.4 is 5.32 Å². The Morgan fingerprint density at radius 2 is 2.30 bits per heavy atom. The number of nitrogens with one attached hydrogen (secondary N) is 1. The molecule has 0 saturated carbocycles. The van der Waals surface area contributed by atoms with Crippen molar-refractivity contribution in [2.45, 2.75) is 12.5 Å². The molecule has 0 amide bonds. The maximum atomic E-state index is 11.1. The third kappa shape index (κ3) is 2.75. The average Bonchev–Trinajstić information content (AvgIpc) is 2.45. The minimum absolute atomic E-state index is 0.270. The molecule has 0 aliphatic heterocycles. The van der Waals surface area contributed by atoms with E-state index >= 15 is 0 Å². The molecule has 5 nitrogen and oxygen atoms in total. The Morgan fingerprint density at radius 3 is 2.95 bits per heavy atom. The third-order valence-electron chi connectivity index (χ3n) is 2.86. The molecule has 0 aliphatic rings. The number of benzene rings is 1. The van der Waals surface area contributed by atoms with Gasteiger partial charge in [0, 0.05) is 5.39 Å². The van der Waals surface area contributed by atoms with Crippen LogP contribution >= 0.6 is 0 Å². The fourth-order valence-corrected chi connectivity index (χ4v) is 1.91. The van der Waals surface area contributed by atoms with E-state index in [1.165, 1.54) is 6.08 Å². The summed E-state index contributed by atoms with van der Waals surface area (Å²) in [6.07, 6.45) is 1.80. The van der Waals surface area contributed by atoms with E-state index in [2.05, 4.69) is 22.9 Å². The van der Waals surface area contributed by atoms with Crippen molar-refractivity contribution in [2.75, 3.05) is 5.32 Å². The number of para-hydroxylation sites is 1. The van der Waals surface area contributed by atoms with Crippen LogP contribution in [0.1, 0.15) is 12.0 Å². The second-order valence-electron chi connectivity index (χ2n) is 4.24. The molecule has 5 heteroatoms. The number of carboxylic acid groups (broad SMARTS) is 1. The minimum Gasteiger partial charge on any atom is -0.480 e. The SMILES string of the molecule is C=CCC(Nc1cc(C#N)c2ccccc2n1)C(=O)O. The van der Waals surface area contributed by atoms with E-state index in [4.69, 9.17) is 10.4 Å². The summed E-state index contributed by atoms with van der Waals surface area (Å²) in [5.74, 6) is -0.618. The molecule has 0 aliphatic carbocycles. The number of hydrogen-bond acceptors (Lipinski definition) is 4. The molecule has 1 aromatic carbocycles. The Balaban J connectivity index is 2.42. The molecule has 1 aromatic heterocycles. The maximum absolute atomic E-state index is 11.1. The summed E-state index contributed by atoms with van der Waals surface area (Å²) < 4.78 is 0. The summed E-state index contributed by atoms with van der Waals surface area (Å²) in [7, 11) is 0. The van der Waals surface area contributed by atoms with Crippen molar-refractivity contribution in [3.05, 3.63) is 48.6 Å². The lowest BCUT2D eigenvalue weighted by Crippen LogP contribution is -2.29. The van der Waals surface area contributed by atoms with Crippen molar-refractivity contribution in [1.82, 2.24) is 4.98 Å². The lowest BCUT2D eigenvalue weighted by Gasteiger charge is -2.14. The number of aliphatic carboxylic acids is 1. The van der Waals surface area contributed by atoms with Crippen LogP contribution in [-0.4, -0.2) is 22.1 Å². The maximum Gasteiger partial charge on any atom is 0.326 e. The zero-order valence-corrected chi connectivity index (χ0v) is 10.7. The molecule has 2 N–H and O–H groups in total. The Bertz CT molecular complexity index is 704. The fourth-order valence-electron chi connectivity index (χ4n) is 1.91. The van der Waals surface area contributed by atoms with Crippen LogP contribution in [0.15, 0.2) is 43.0 Å². The number of anilines is 1. The van der Waals surface area contributed by atoms with Crippen LogP contribution in [0.2, 0.25) is 0 Å². The smallest absolute Gasteiger partial charge is 0.326 e. The highest BCUT2D eigenvalue weighted by Crippen LogP contribution is 2.20. The van der Waals surface area contributed by atoms with E-state index < -0.39 is 12.0 Å². The van der Waals surface area contributed by atoms with Gasteiger partial charge in [-0.05, 0) is 18.6 Å². The molecular formula is C15H13N3O2. The molecular weight excluding hydrogens is 254 g/mol. The normalized spacial score (nSPS) is 11.6. The van der Waals surface area contributed by atoms with Crippen LogP contribution in [0.3, 0.4) is 0 Å². The fraction of sp³-hybridized carbons (Fsp3) is 0.133. The van der Waals surface area contributed by atoms with Crippen LogP contribution in [-0.2, 0) is 4.79 Å². The van der Waals surface area contributed by atoms with Crippen molar-refractivity contribution in [3.63, 3.8) is 0 Å². The molecule has 0 spiro atoms. The predicted octanol–water partition coefficient (Wildman–Crippen LogP) is 2.55. The molecule has 0 bridgehead atoms. The number of nitrogens with zero attached hydrogens (tertiary/aromatic N) is 2. The van der Waals surface area contributed by atoms with Crippen LogP contribution in [0, 0.1) is 11.3 Å². The van der Waals surface area contributed by atoms with Gasteiger partial charge in [-0.1, -0.05) is 24.3 Å².